The molecule has 0 fully saturated rings. The van der Waals surface area contributed by atoms with Gasteiger partial charge < -0.3 is 5.73 Å². The molecule has 20 heavy (non-hydrogen) atoms. The molecule has 4 N–H and O–H groups in total. The maximum atomic E-state index is 12.3. The van der Waals surface area contributed by atoms with E-state index < -0.39 is 10.0 Å². The molecule has 0 saturated carbocycles. The van der Waals surface area contributed by atoms with Gasteiger partial charge in [-0.15, -0.1) is 0 Å². The molecule has 0 bridgehead atoms. The lowest BCUT2D eigenvalue weighted by Gasteiger charge is -2.11. The number of nitrogens with one attached hydrogen (secondary N) is 2. The minimum atomic E-state index is -3.95. The number of aromatic nitrogens is 2. The van der Waals surface area contributed by atoms with Crippen molar-refractivity contribution in [1.29, 1.82) is 0 Å². The molecule has 2 rings (SSSR count). The Hall–Kier alpha value is -1.44. The van der Waals surface area contributed by atoms with Gasteiger partial charge in [0.25, 0.3) is 10.0 Å². The number of nitrogens with two attached hydrogens (primary N) is 1. The number of rotatable bonds is 3. The van der Waals surface area contributed by atoms with Crippen LogP contribution in [0.5, 0.6) is 0 Å². The van der Waals surface area contributed by atoms with E-state index in [2.05, 4.69) is 14.9 Å². The lowest BCUT2D eigenvalue weighted by Crippen LogP contribution is -2.16. The van der Waals surface area contributed by atoms with Crippen LogP contribution in [0, 0.1) is 13.8 Å². The molecular weight excluding hydrogens is 323 g/mol. The summed E-state index contributed by atoms with van der Waals surface area (Å²) in [5.74, 6) is 0.202. The van der Waals surface area contributed by atoms with Crippen molar-refractivity contribution >= 4 is 44.7 Å². The molecule has 1 aromatic carbocycles. The lowest BCUT2D eigenvalue weighted by molar-refractivity contribution is 0.601. The molecule has 0 amide bonds. The summed E-state index contributed by atoms with van der Waals surface area (Å²) >= 11 is 11.7. The second-order valence-electron chi connectivity index (χ2n) is 4.23. The maximum absolute atomic E-state index is 12.3. The predicted octanol–water partition coefficient (Wildman–Crippen LogP) is 2.72. The molecule has 0 aliphatic rings. The lowest BCUT2D eigenvalue weighted by atomic mass is 10.3. The molecule has 1 aromatic heterocycles. The Labute approximate surface area is 126 Å². The molecule has 9 heteroatoms. The predicted molar refractivity (Wildman–Crippen MR) is 79.7 cm³/mol. The third-order valence-corrected chi connectivity index (χ3v) is 4.87. The summed E-state index contributed by atoms with van der Waals surface area (Å²) in [6, 6.07) is 2.64. The number of H-pyrrole nitrogens is 1. The second-order valence-corrected chi connectivity index (χ2v) is 6.70. The Balaban J connectivity index is 2.49. The largest absolute Gasteiger partial charge is 0.398 e. The van der Waals surface area contributed by atoms with E-state index >= 15 is 0 Å². The molecule has 108 valence electrons. The molecule has 0 unspecified atom stereocenters. The van der Waals surface area contributed by atoms with Gasteiger partial charge in [0.2, 0.25) is 0 Å². The van der Waals surface area contributed by atoms with Gasteiger partial charge in [-0.2, -0.15) is 5.10 Å². The number of hydrogen-bond acceptors (Lipinski definition) is 4. The molecule has 0 aliphatic carbocycles. The Morgan fingerprint density at radius 2 is 1.95 bits per heavy atom. The number of nitrogens with zero attached hydrogens (tertiary/aromatic N) is 1. The van der Waals surface area contributed by atoms with Crippen molar-refractivity contribution in [2.75, 3.05) is 10.5 Å². The number of halogens is 2. The first-order valence-corrected chi connectivity index (χ1v) is 7.75. The van der Waals surface area contributed by atoms with E-state index in [9.17, 15) is 8.42 Å². The molecule has 0 saturated heterocycles. The summed E-state index contributed by atoms with van der Waals surface area (Å²) < 4.78 is 27.0. The number of anilines is 2. The summed E-state index contributed by atoms with van der Waals surface area (Å²) in [7, 11) is -3.95. The first-order chi connectivity index (χ1) is 9.22. The smallest absolute Gasteiger partial charge is 0.266 e. The van der Waals surface area contributed by atoms with Crippen LogP contribution < -0.4 is 10.5 Å². The highest BCUT2D eigenvalue weighted by Gasteiger charge is 2.24. The summed E-state index contributed by atoms with van der Waals surface area (Å²) in [4.78, 5) is -0.219. The normalized spacial score (nSPS) is 11.6. The molecule has 1 heterocycles. The van der Waals surface area contributed by atoms with Gasteiger partial charge in [0.1, 0.15) is 4.90 Å². The SMILES string of the molecule is Cc1[nH]nc(NS(=O)(=O)c2c(N)cc(Cl)cc2Cl)c1C. The second kappa shape index (κ2) is 5.16. The zero-order valence-corrected chi connectivity index (χ0v) is 13.0. The van der Waals surface area contributed by atoms with Gasteiger partial charge in [-0.25, -0.2) is 8.42 Å². The van der Waals surface area contributed by atoms with Crippen LogP contribution in [0.2, 0.25) is 10.0 Å². The van der Waals surface area contributed by atoms with Gasteiger partial charge in [0, 0.05) is 16.3 Å². The Bertz CT molecular complexity index is 748. The number of aryl methyl sites for hydroxylation is 1. The van der Waals surface area contributed by atoms with Crippen molar-refractivity contribution in [3.63, 3.8) is 0 Å². The Kier molecular flexibility index (Phi) is 3.86. The van der Waals surface area contributed by atoms with E-state index in [1.54, 1.807) is 13.8 Å². The summed E-state index contributed by atoms with van der Waals surface area (Å²) in [5, 5.41) is 6.78. The maximum Gasteiger partial charge on any atom is 0.266 e. The van der Waals surface area contributed by atoms with E-state index in [0.717, 1.165) is 5.69 Å². The van der Waals surface area contributed by atoms with Gasteiger partial charge >= 0.3 is 0 Å². The van der Waals surface area contributed by atoms with Crippen LogP contribution in [-0.4, -0.2) is 18.6 Å². The zero-order chi connectivity index (χ0) is 15.1. The highest BCUT2D eigenvalue weighted by atomic mass is 35.5. The first kappa shape index (κ1) is 15.0. The highest BCUT2D eigenvalue weighted by molar-refractivity contribution is 7.93. The summed E-state index contributed by atoms with van der Waals surface area (Å²) in [6.45, 7) is 3.52. The highest BCUT2D eigenvalue weighted by Crippen LogP contribution is 2.32. The van der Waals surface area contributed by atoms with Crippen molar-refractivity contribution in [2.24, 2.45) is 0 Å². The number of sulfonamides is 1. The fourth-order valence-corrected chi connectivity index (χ4v) is 3.68. The quantitative estimate of drug-likeness (QED) is 0.751. The van der Waals surface area contributed by atoms with E-state index in [1.165, 1.54) is 12.1 Å². The third-order valence-electron chi connectivity index (χ3n) is 2.79. The van der Waals surface area contributed by atoms with E-state index in [1.807, 2.05) is 0 Å². The van der Waals surface area contributed by atoms with Gasteiger partial charge in [-0.05, 0) is 26.0 Å². The fourth-order valence-electron chi connectivity index (χ4n) is 1.63. The van der Waals surface area contributed by atoms with Gasteiger partial charge in [0.15, 0.2) is 5.82 Å². The minimum Gasteiger partial charge on any atom is -0.398 e. The molecule has 0 spiro atoms. The van der Waals surface area contributed by atoms with E-state index in [4.69, 9.17) is 28.9 Å². The monoisotopic (exact) mass is 334 g/mol. The van der Waals surface area contributed by atoms with Crippen LogP contribution in [0.25, 0.3) is 0 Å². The van der Waals surface area contributed by atoms with Crippen molar-refractivity contribution in [3.8, 4) is 0 Å². The van der Waals surface area contributed by atoms with Crippen LogP contribution in [-0.2, 0) is 10.0 Å². The zero-order valence-electron chi connectivity index (χ0n) is 10.7. The third kappa shape index (κ3) is 2.70. The van der Waals surface area contributed by atoms with Crippen molar-refractivity contribution in [2.45, 2.75) is 18.7 Å². The average molecular weight is 335 g/mol. The standard InChI is InChI=1S/C11H12Cl2N4O2S/c1-5-6(2)15-16-11(5)17-20(18,19)10-8(13)3-7(12)4-9(10)14/h3-4H,14H2,1-2H3,(H2,15,16,17). The number of benzene rings is 1. The van der Waals surface area contributed by atoms with E-state index in [0.29, 0.717) is 5.56 Å². The Morgan fingerprint density at radius 1 is 1.30 bits per heavy atom. The summed E-state index contributed by atoms with van der Waals surface area (Å²) in [6.07, 6.45) is 0. The van der Waals surface area contributed by atoms with Crippen molar-refractivity contribution < 1.29 is 8.42 Å². The topological polar surface area (TPSA) is 101 Å². The molecule has 6 nitrogen and oxygen atoms in total. The van der Waals surface area contributed by atoms with E-state index in [-0.39, 0.29) is 26.4 Å². The van der Waals surface area contributed by atoms with Gasteiger partial charge in [-0.3, -0.25) is 9.82 Å². The van der Waals surface area contributed by atoms with Gasteiger partial charge in [0.05, 0.1) is 10.7 Å². The van der Waals surface area contributed by atoms with Crippen LogP contribution >= 0.6 is 23.2 Å². The fraction of sp³-hybridized carbons (Fsp3) is 0.182. The van der Waals surface area contributed by atoms with Crippen LogP contribution in [0.15, 0.2) is 17.0 Å². The first-order valence-electron chi connectivity index (χ1n) is 5.51. The molecule has 0 radical (unpaired) electrons. The molecule has 0 aliphatic heterocycles. The Morgan fingerprint density at radius 3 is 2.45 bits per heavy atom. The van der Waals surface area contributed by atoms with Crippen molar-refractivity contribution in [3.05, 3.63) is 33.4 Å². The number of hydrogen-bond donors (Lipinski definition) is 3. The number of nitrogen functional groups attached to an aromatic ring is 1. The number of aromatic amines is 1. The van der Waals surface area contributed by atoms with Crippen LogP contribution in [0.3, 0.4) is 0 Å². The van der Waals surface area contributed by atoms with Crippen LogP contribution in [0.1, 0.15) is 11.3 Å². The average Bonchev–Trinajstić information content (AvgIpc) is 2.58. The van der Waals surface area contributed by atoms with Gasteiger partial charge in [-0.1, -0.05) is 23.2 Å². The molecule has 0 atom stereocenters. The molecule has 2 aromatic rings. The minimum absolute atomic E-state index is 0.0279. The van der Waals surface area contributed by atoms with Crippen LogP contribution in [0.4, 0.5) is 11.5 Å². The summed E-state index contributed by atoms with van der Waals surface area (Å²) in [5.41, 5.74) is 7.11. The van der Waals surface area contributed by atoms with Crippen molar-refractivity contribution in [1.82, 2.24) is 10.2 Å². The molecular formula is C11H12Cl2N4O2S.